The molecule has 2 heterocycles. The molecule has 0 aliphatic heterocycles. The van der Waals surface area contributed by atoms with Gasteiger partial charge in [0.1, 0.15) is 0 Å². The first kappa shape index (κ1) is 13.8. The van der Waals surface area contributed by atoms with Crippen LogP contribution in [0, 0.1) is 0 Å². The summed E-state index contributed by atoms with van der Waals surface area (Å²) in [5, 5.41) is 4.07. The van der Waals surface area contributed by atoms with Gasteiger partial charge in [-0.05, 0) is 12.1 Å². The summed E-state index contributed by atoms with van der Waals surface area (Å²) < 4.78 is 34.3. The molecule has 8 heteroatoms. The molecular weight excluding hydrogens is 268 g/mol. The Morgan fingerprint density at radius 1 is 1.47 bits per heavy atom. The molecule has 0 spiro atoms. The normalized spacial score (nSPS) is 12.2. The van der Waals surface area contributed by atoms with Crippen molar-refractivity contribution in [2.45, 2.75) is 0 Å². The summed E-state index contributed by atoms with van der Waals surface area (Å²) >= 11 is 0. The van der Waals surface area contributed by atoms with Gasteiger partial charge in [-0.2, -0.15) is 17.8 Å². The van der Waals surface area contributed by atoms with E-state index in [4.69, 9.17) is 4.74 Å². The lowest BCUT2D eigenvalue weighted by molar-refractivity contribution is 0.185. The molecule has 0 aromatic carbocycles. The Hall–Kier alpha value is -1.64. The van der Waals surface area contributed by atoms with Gasteiger partial charge in [-0.1, -0.05) is 6.07 Å². The number of methoxy groups -OCH3 is 1. The van der Waals surface area contributed by atoms with Gasteiger partial charge in [-0.15, -0.1) is 0 Å². The minimum Gasteiger partial charge on any atom is -0.383 e. The van der Waals surface area contributed by atoms with Crippen LogP contribution in [0.4, 0.5) is 5.69 Å². The first-order valence-corrected chi connectivity index (χ1v) is 7.14. The predicted molar refractivity (Wildman–Crippen MR) is 72.2 cm³/mol. The van der Waals surface area contributed by atoms with Crippen molar-refractivity contribution in [3.05, 3.63) is 30.6 Å². The van der Waals surface area contributed by atoms with E-state index in [0.29, 0.717) is 17.8 Å². The Labute approximate surface area is 112 Å². The molecule has 0 saturated carbocycles. The molecule has 0 saturated heterocycles. The molecule has 7 nitrogen and oxygen atoms in total. The first-order chi connectivity index (χ1) is 9.04. The van der Waals surface area contributed by atoms with Gasteiger partial charge in [0, 0.05) is 26.9 Å². The van der Waals surface area contributed by atoms with Gasteiger partial charge in [-0.3, -0.25) is 4.72 Å². The van der Waals surface area contributed by atoms with E-state index in [0.717, 1.165) is 0 Å². The second-order valence-electron chi connectivity index (χ2n) is 4.01. The van der Waals surface area contributed by atoms with E-state index in [2.05, 4.69) is 9.82 Å². The SMILES string of the molecule is COCCN(C)S(=O)(=O)Nc1cnn2ccccc12. The van der Waals surface area contributed by atoms with Gasteiger partial charge in [0.05, 0.1) is 24.0 Å². The third-order valence-electron chi connectivity index (χ3n) is 2.69. The second kappa shape index (κ2) is 5.55. The lowest BCUT2D eigenvalue weighted by Gasteiger charge is -2.17. The summed E-state index contributed by atoms with van der Waals surface area (Å²) in [6.07, 6.45) is 3.23. The van der Waals surface area contributed by atoms with Crippen molar-refractivity contribution in [2.75, 3.05) is 32.0 Å². The van der Waals surface area contributed by atoms with Crippen LogP contribution in [0.15, 0.2) is 30.6 Å². The Kier molecular flexibility index (Phi) is 4.03. The van der Waals surface area contributed by atoms with E-state index in [9.17, 15) is 8.42 Å². The van der Waals surface area contributed by atoms with Crippen LogP contribution in [0.25, 0.3) is 5.52 Å². The quantitative estimate of drug-likeness (QED) is 0.841. The average Bonchev–Trinajstić information content (AvgIpc) is 2.79. The van der Waals surface area contributed by atoms with Crippen LogP contribution in [0.1, 0.15) is 0 Å². The molecule has 0 radical (unpaired) electrons. The topological polar surface area (TPSA) is 75.9 Å². The lowest BCUT2D eigenvalue weighted by atomic mass is 10.4. The number of hydrogen-bond donors (Lipinski definition) is 1. The number of aromatic nitrogens is 2. The second-order valence-corrected chi connectivity index (χ2v) is 5.79. The lowest BCUT2D eigenvalue weighted by Crippen LogP contribution is -2.34. The fourth-order valence-corrected chi connectivity index (χ4v) is 2.48. The highest BCUT2D eigenvalue weighted by molar-refractivity contribution is 7.90. The monoisotopic (exact) mass is 284 g/mol. The smallest absolute Gasteiger partial charge is 0.301 e. The Bertz CT molecular complexity index is 653. The number of likely N-dealkylation sites (N-methyl/N-ethyl adjacent to an activating group) is 1. The number of pyridine rings is 1. The zero-order valence-electron chi connectivity index (χ0n) is 10.8. The van der Waals surface area contributed by atoms with Crippen LogP contribution in [-0.4, -0.2) is 49.6 Å². The van der Waals surface area contributed by atoms with Crippen molar-refractivity contribution in [2.24, 2.45) is 0 Å². The molecule has 0 atom stereocenters. The highest BCUT2D eigenvalue weighted by Gasteiger charge is 2.18. The standard InChI is InChI=1S/C11H16N4O3S/c1-14(7-8-18-2)19(16,17)13-10-9-12-15-6-4-3-5-11(10)15/h3-6,9,13H,7-8H2,1-2H3. The molecule has 0 fully saturated rings. The van der Waals surface area contributed by atoms with E-state index >= 15 is 0 Å². The summed E-state index contributed by atoms with van der Waals surface area (Å²) in [7, 11) is -0.577. The Balaban J connectivity index is 2.20. The summed E-state index contributed by atoms with van der Waals surface area (Å²) in [6, 6.07) is 5.44. The Morgan fingerprint density at radius 3 is 3.00 bits per heavy atom. The van der Waals surface area contributed by atoms with Crippen molar-refractivity contribution in [3.8, 4) is 0 Å². The van der Waals surface area contributed by atoms with Crippen LogP contribution < -0.4 is 4.72 Å². The van der Waals surface area contributed by atoms with E-state index in [1.807, 2.05) is 12.1 Å². The van der Waals surface area contributed by atoms with E-state index in [1.54, 1.807) is 16.8 Å². The molecule has 1 N–H and O–H groups in total. The Morgan fingerprint density at radius 2 is 2.26 bits per heavy atom. The van der Waals surface area contributed by atoms with Crippen LogP contribution in [0.5, 0.6) is 0 Å². The van der Waals surface area contributed by atoms with E-state index in [1.165, 1.54) is 24.7 Å². The van der Waals surface area contributed by atoms with Crippen LogP contribution in [0.3, 0.4) is 0 Å². The maximum atomic E-state index is 12.1. The first-order valence-electron chi connectivity index (χ1n) is 5.70. The fourth-order valence-electron chi connectivity index (χ4n) is 1.57. The minimum absolute atomic E-state index is 0.283. The molecule has 2 aromatic heterocycles. The number of rotatable bonds is 6. The summed E-state index contributed by atoms with van der Waals surface area (Å²) in [5.41, 5.74) is 1.15. The van der Waals surface area contributed by atoms with E-state index in [-0.39, 0.29) is 6.54 Å². The third-order valence-corrected chi connectivity index (χ3v) is 4.17. The predicted octanol–water partition coefficient (Wildman–Crippen LogP) is 0.569. The number of ether oxygens (including phenoxy) is 1. The zero-order chi connectivity index (χ0) is 13.9. The maximum absolute atomic E-state index is 12.1. The van der Waals surface area contributed by atoms with Gasteiger partial charge in [0.2, 0.25) is 0 Å². The minimum atomic E-state index is -3.60. The molecule has 19 heavy (non-hydrogen) atoms. The van der Waals surface area contributed by atoms with Crippen LogP contribution in [-0.2, 0) is 14.9 Å². The fraction of sp³-hybridized carbons (Fsp3) is 0.364. The molecule has 0 unspecified atom stereocenters. The molecular formula is C11H16N4O3S. The van der Waals surface area contributed by atoms with Crippen molar-refractivity contribution in [1.82, 2.24) is 13.9 Å². The number of nitrogens with zero attached hydrogens (tertiary/aromatic N) is 3. The highest BCUT2D eigenvalue weighted by atomic mass is 32.2. The van der Waals surface area contributed by atoms with Crippen LogP contribution in [0.2, 0.25) is 0 Å². The maximum Gasteiger partial charge on any atom is 0.301 e. The van der Waals surface area contributed by atoms with Crippen molar-refractivity contribution in [3.63, 3.8) is 0 Å². The van der Waals surface area contributed by atoms with Gasteiger partial charge >= 0.3 is 10.2 Å². The number of fused-ring (bicyclic) bond motifs is 1. The van der Waals surface area contributed by atoms with Crippen molar-refractivity contribution < 1.29 is 13.2 Å². The summed E-state index contributed by atoms with van der Waals surface area (Å²) in [6.45, 7) is 0.622. The van der Waals surface area contributed by atoms with E-state index < -0.39 is 10.2 Å². The van der Waals surface area contributed by atoms with Crippen LogP contribution >= 0.6 is 0 Å². The van der Waals surface area contributed by atoms with Gasteiger partial charge in [-0.25, -0.2) is 4.52 Å². The largest absolute Gasteiger partial charge is 0.383 e. The highest BCUT2D eigenvalue weighted by Crippen LogP contribution is 2.17. The molecule has 2 aromatic rings. The number of anilines is 1. The summed E-state index contributed by atoms with van der Waals surface area (Å²) in [4.78, 5) is 0. The van der Waals surface area contributed by atoms with Crippen molar-refractivity contribution >= 4 is 21.4 Å². The molecule has 0 bridgehead atoms. The molecule has 2 rings (SSSR count). The molecule has 104 valence electrons. The van der Waals surface area contributed by atoms with Gasteiger partial charge in [0.15, 0.2) is 0 Å². The third kappa shape index (κ3) is 3.03. The molecule has 0 aliphatic rings. The summed E-state index contributed by atoms with van der Waals surface area (Å²) in [5.74, 6) is 0. The molecule has 0 amide bonds. The van der Waals surface area contributed by atoms with Gasteiger partial charge < -0.3 is 4.74 Å². The van der Waals surface area contributed by atoms with Crippen molar-refractivity contribution in [1.29, 1.82) is 0 Å². The number of hydrogen-bond acceptors (Lipinski definition) is 4. The zero-order valence-corrected chi connectivity index (χ0v) is 11.6. The molecule has 0 aliphatic carbocycles. The number of nitrogens with one attached hydrogen (secondary N) is 1. The average molecular weight is 284 g/mol. The van der Waals surface area contributed by atoms with Gasteiger partial charge in [0.25, 0.3) is 0 Å².